The van der Waals surface area contributed by atoms with Gasteiger partial charge in [-0.2, -0.15) is 13.2 Å². The van der Waals surface area contributed by atoms with E-state index < -0.39 is 23.3 Å². The number of nitrogens with zero attached hydrogens (tertiary/aromatic N) is 2. The summed E-state index contributed by atoms with van der Waals surface area (Å²) in [7, 11) is 0. The normalized spacial score (nSPS) is 36.5. The topological polar surface area (TPSA) is 66.9 Å². The van der Waals surface area contributed by atoms with Crippen LogP contribution in [0.25, 0.3) is 0 Å². The average molecular weight is 402 g/mol. The van der Waals surface area contributed by atoms with Crippen LogP contribution < -0.4 is 0 Å². The second kappa shape index (κ2) is 6.62. The molecule has 0 radical (unpaired) electrons. The van der Waals surface area contributed by atoms with Gasteiger partial charge in [0.25, 0.3) is 0 Å². The van der Waals surface area contributed by atoms with E-state index in [1.54, 1.807) is 4.90 Å². The third kappa shape index (κ3) is 3.37. The van der Waals surface area contributed by atoms with Gasteiger partial charge >= 0.3 is 12.1 Å². The SMILES string of the molecule is O=CN(CC(=O)N1CCCC1)C12CC3CC(CC(OC(=O)C(F)(F)F)(C3)C1)C2. The lowest BCUT2D eigenvalue weighted by molar-refractivity contribution is -0.239. The van der Waals surface area contributed by atoms with Gasteiger partial charge in [-0.1, -0.05) is 0 Å². The van der Waals surface area contributed by atoms with Gasteiger partial charge in [-0.15, -0.1) is 0 Å². The summed E-state index contributed by atoms with van der Waals surface area (Å²) in [6.45, 7) is 1.29. The number of carbonyl (C=O) groups excluding carboxylic acids is 3. The van der Waals surface area contributed by atoms with Crippen LogP contribution in [0.1, 0.15) is 51.4 Å². The first kappa shape index (κ1) is 19.5. The number of rotatable bonds is 5. The highest BCUT2D eigenvalue weighted by Gasteiger charge is 2.63. The molecular formula is C19H25F3N2O4. The molecule has 1 heterocycles. The molecule has 0 aromatic carbocycles. The van der Waals surface area contributed by atoms with Crippen LogP contribution in [0.5, 0.6) is 0 Å². The molecule has 2 amide bonds. The van der Waals surface area contributed by atoms with Gasteiger partial charge in [0, 0.05) is 25.0 Å². The number of hydrogen-bond acceptors (Lipinski definition) is 4. The maximum absolute atomic E-state index is 12.8. The Morgan fingerprint density at radius 3 is 2.25 bits per heavy atom. The Bertz CT molecular complexity index is 661. The molecule has 0 aromatic heterocycles. The van der Waals surface area contributed by atoms with E-state index >= 15 is 0 Å². The minimum atomic E-state index is -5.04. The summed E-state index contributed by atoms with van der Waals surface area (Å²) >= 11 is 0. The smallest absolute Gasteiger partial charge is 0.452 e. The van der Waals surface area contributed by atoms with E-state index in [1.165, 1.54) is 4.90 Å². The fourth-order valence-corrected chi connectivity index (χ4v) is 6.37. The number of ether oxygens (including phenoxy) is 1. The van der Waals surface area contributed by atoms with E-state index in [-0.39, 0.29) is 30.7 Å². The van der Waals surface area contributed by atoms with E-state index in [0.717, 1.165) is 19.3 Å². The van der Waals surface area contributed by atoms with Crippen molar-refractivity contribution < 1.29 is 32.3 Å². The first-order chi connectivity index (χ1) is 13.1. The molecule has 5 aliphatic rings. The Morgan fingerprint density at radius 2 is 1.71 bits per heavy atom. The van der Waals surface area contributed by atoms with Crippen molar-refractivity contribution in [2.75, 3.05) is 19.6 Å². The van der Waals surface area contributed by atoms with Crippen molar-refractivity contribution in [3.63, 3.8) is 0 Å². The Kier molecular flexibility index (Phi) is 4.62. The monoisotopic (exact) mass is 402 g/mol. The summed E-state index contributed by atoms with van der Waals surface area (Å²) < 4.78 is 43.5. The summed E-state index contributed by atoms with van der Waals surface area (Å²) in [5.74, 6) is -2.07. The van der Waals surface area contributed by atoms with Crippen molar-refractivity contribution in [3.05, 3.63) is 0 Å². The van der Waals surface area contributed by atoms with Gasteiger partial charge in [-0.25, -0.2) is 4.79 Å². The van der Waals surface area contributed by atoms with E-state index in [2.05, 4.69) is 0 Å². The highest BCUT2D eigenvalue weighted by Crippen LogP contribution is 2.60. The molecule has 1 saturated heterocycles. The van der Waals surface area contributed by atoms with Crippen LogP contribution in [-0.4, -0.2) is 65.0 Å². The third-order valence-electron chi connectivity index (χ3n) is 7.02. The highest BCUT2D eigenvalue weighted by atomic mass is 19.4. The van der Waals surface area contributed by atoms with Crippen LogP contribution in [0.15, 0.2) is 0 Å². The van der Waals surface area contributed by atoms with Crippen molar-refractivity contribution in [1.82, 2.24) is 9.80 Å². The molecule has 4 saturated carbocycles. The zero-order chi connectivity index (χ0) is 20.2. The lowest BCUT2D eigenvalue weighted by atomic mass is 9.50. The van der Waals surface area contributed by atoms with Gasteiger partial charge in [0.15, 0.2) is 0 Å². The van der Waals surface area contributed by atoms with Gasteiger partial charge < -0.3 is 14.5 Å². The van der Waals surface area contributed by atoms with Crippen molar-refractivity contribution in [3.8, 4) is 0 Å². The molecule has 156 valence electrons. The number of esters is 1. The van der Waals surface area contributed by atoms with Crippen molar-refractivity contribution in [2.24, 2.45) is 11.8 Å². The predicted octanol–water partition coefficient (Wildman–Crippen LogP) is 2.26. The number of amides is 2. The summed E-state index contributed by atoms with van der Waals surface area (Å²) in [6.07, 6.45) is 0.673. The van der Waals surface area contributed by atoms with E-state index in [0.29, 0.717) is 45.2 Å². The summed E-state index contributed by atoms with van der Waals surface area (Å²) in [6, 6.07) is 0. The van der Waals surface area contributed by atoms with Crippen LogP contribution in [-0.2, 0) is 19.1 Å². The molecule has 4 aliphatic carbocycles. The van der Waals surface area contributed by atoms with Crippen LogP contribution in [0.3, 0.4) is 0 Å². The summed E-state index contributed by atoms with van der Waals surface area (Å²) in [5.41, 5.74) is -1.89. The molecule has 0 N–H and O–H groups in total. The molecule has 5 rings (SSSR count). The lowest BCUT2D eigenvalue weighted by Crippen LogP contribution is -2.67. The predicted molar refractivity (Wildman–Crippen MR) is 90.9 cm³/mol. The molecule has 0 spiro atoms. The molecule has 1 aliphatic heterocycles. The first-order valence-corrected chi connectivity index (χ1v) is 9.95. The van der Waals surface area contributed by atoms with Gasteiger partial charge in [0.1, 0.15) is 12.1 Å². The van der Waals surface area contributed by atoms with Crippen molar-refractivity contribution >= 4 is 18.3 Å². The number of likely N-dealkylation sites (tertiary alicyclic amines) is 1. The van der Waals surface area contributed by atoms with Gasteiger partial charge in [0.2, 0.25) is 12.3 Å². The van der Waals surface area contributed by atoms with Crippen LogP contribution in [0, 0.1) is 11.8 Å². The Hall–Kier alpha value is -1.80. The minimum absolute atomic E-state index is 0.0633. The molecule has 5 fully saturated rings. The molecule has 6 nitrogen and oxygen atoms in total. The van der Waals surface area contributed by atoms with Crippen LogP contribution >= 0.6 is 0 Å². The minimum Gasteiger partial charge on any atom is -0.452 e. The first-order valence-electron chi connectivity index (χ1n) is 9.95. The van der Waals surface area contributed by atoms with E-state index in [4.69, 9.17) is 4.74 Å². The molecule has 2 unspecified atom stereocenters. The molecule has 2 atom stereocenters. The zero-order valence-electron chi connectivity index (χ0n) is 15.7. The van der Waals surface area contributed by atoms with Gasteiger partial charge in [-0.3, -0.25) is 9.59 Å². The second-order valence-corrected chi connectivity index (χ2v) is 9.08. The highest BCUT2D eigenvalue weighted by molar-refractivity contribution is 5.80. The second-order valence-electron chi connectivity index (χ2n) is 9.08. The molecule has 9 heteroatoms. The standard InChI is InChI=1S/C19H25F3N2O4/c20-19(21,22)16(27)28-18-8-13-5-14(9-18)7-17(6-13,11-18)24(12-25)10-15(26)23-3-1-2-4-23/h12-14H,1-11H2. The molecule has 0 aromatic rings. The summed E-state index contributed by atoms with van der Waals surface area (Å²) in [4.78, 5) is 39.3. The Morgan fingerprint density at radius 1 is 1.11 bits per heavy atom. The van der Waals surface area contributed by atoms with Gasteiger partial charge in [0.05, 0.1) is 0 Å². The van der Waals surface area contributed by atoms with Crippen LogP contribution in [0.4, 0.5) is 13.2 Å². The largest absolute Gasteiger partial charge is 0.490 e. The van der Waals surface area contributed by atoms with E-state index in [9.17, 15) is 27.6 Å². The third-order valence-corrected chi connectivity index (χ3v) is 7.02. The lowest BCUT2D eigenvalue weighted by Gasteiger charge is -2.63. The van der Waals surface area contributed by atoms with Crippen LogP contribution in [0.2, 0.25) is 0 Å². The quantitative estimate of drug-likeness (QED) is 0.523. The van der Waals surface area contributed by atoms with Gasteiger partial charge in [-0.05, 0) is 56.8 Å². The fraction of sp³-hybridized carbons (Fsp3) is 0.842. The number of hydrogen-bond donors (Lipinski definition) is 0. The molecule has 4 bridgehead atoms. The van der Waals surface area contributed by atoms with Crippen molar-refractivity contribution in [2.45, 2.75) is 68.7 Å². The van der Waals surface area contributed by atoms with Crippen molar-refractivity contribution in [1.29, 1.82) is 0 Å². The maximum atomic E-state index is 12.8. The molecular weight excluding hydrogens is 377 g/mol. The number of carbonyl (C=O) groups is 3. The Labute approximate surface area is 161 Å². The number of alkyl halides is 3. The zero-order valence-corrected chi connectivity index (χ0v) is 15.7. The average Bonchev–Trinajstić information content (AvgIpc) is 3.11. The van der Waals surface area contributed by atoms with E-state index in [1.807, 2.05) is 0 Å². The maximum Gasteiger partial charge on any atom is 0.490 e. The Balaban J connectivity index is 1.55. The summed E-state index contributed by atoms with van der Waals surface area (Å²) in [5, 5.41) is 0. The number of halogens is 3. The molecule has 28 heavy (non-hydrogen) atoms. The fourth-order valence-electron chi connectivity index (χ4n) is 6.37.